The summed E-state index contributed by atoms with van der Waals surface area (Å²) in [7, 11) is 0. The molecule has 0 aliphatic heterocycles. The van der Waals surface area contributed by atoms with Gasteiger partial charge in [0.05, 0.1) is 13.2 Å². The SMILES string of the molecule is CC(C)(C)Cc1ccc(CO)cc1.CC(C)(C)Cc1cccc(CO)c1. The monoisotopic (exact) mass is 356 g/mol. The highest BCUT2D eigenvalue weighted by molar-refractivity contribution is 5.24. The van der Waals surface area contributed by atoms with Crippen LogP contribution in [-0.2, 0) is 26.1 Å². The molecule has 2 N–H and O–H groups in total. The van der Waals surface area contributed by atoms with E-state index in [1.807, 2.05) is 24.3 Å². The van der Waals surface area contributed by atoms with Crippen LogP contribution in [0, 0.1) is 10.8 Å². The van der Waals surface area contributed by atoms with Crippen molar-refractivity contribution in [1.82, 2.24) is 0 Å². The number of hydrogen-bond acceptors (Lipinski definition) is 2. The van der Waals surface area contributed by atoms with E-state index in [2.05, 4.69) is 65.8 Å². The van der Waals surface area contributed by atoms with Crippen molar-refractivity contribution < 1.29 is 10.2 Å². The van der Waals surface area contributed by atoms with Gasteiger partial charge in [0.25, 0.3) is 0 Å². The summed E-state index contributed by atoms with van der Waals surface area (Å²) in [4.78, 5) is 0. The van der Waals surface area contributed by atoms with Gasteiger partial charge in [0.2, 0.25) is 0 Å². The Morgan fingerprint density at radius 2 is 1.00 bits per heavy atom. The highest BCUT2D eigenvalue weighted by atomic mass is 16.3. The van der Waals surface area contributed by atoms with Gasteiger partial charge < -0.3 is 10.2 Å². The Hall–Kier alpha value is -1.64. The summed E-state index contributed by atoms with van der Waals surface area (Å²) < 4.78 is 0. The van der Waals surface area contributed by atoms with E-state index in [-0.39, 0.29) is 13.2 Å². The summed E-state index contributed by atoms with van der Waals surface area (Å²) in [6.45, 7) is 13.6. The molecule has 0 unspecified atom stereocenters. The molecule has 0 bridgehead atoms. The van der Waals surface area contributed by atoms with E-state index in [9.17, 15) is 0 Å². The molecule has 0 amide bonds. The number of aliphatic hydroxyl groups excluding tert-OH is 2. The zero-order chi connectivity index (χ0) is 19.8. The molecule has 2 heteroatoms. The molecule has 0 saturated heterocycles. The van der Waals surface area contributed by atoms with Gasteiger partial charge in [-0.15, -0.1) is 0 Å². The van der Waals surface area contributed by atoms with Gasteiger partial charge >= 0.3 is 0 Å². The lowest BCUT2D eigenvalue weighted by atomic mass is 9.88. The molecule has 0 aliphatic carbocycles. The molecule has 0 spiro atoms. The topological polar surface area (TPSA) is 40.5 Å². The Labute approximate surface area is 159 Å². The average molecular weight is 357 g/mol. The number of benzene rings is 2. The fraction of sp³-hybridized carbons (Fsp3) is 0.500. The van der Waals surface area contributed by atoms with Crippen LogP contribution < -0.4 is 0 Å². The van der Waals surface area contributed by atoms with Gasteiger partial charge in [-0.2, -0.15) is 0 Å². The van der Waals surface area contributed by atoms with Crippen LogP contribution >= 0.6 is 0 Å². The molecular weight excluding hydrogens is 320 g/mol. The van der Waals surface area contributed by atoms with E-state index in [4.69, 9.17) is 10.2 Å². The van der Waals surface area contributed by atoms with Crippen molar-refractivity contribution in [3.8, 4) is 0 Å². The summed E-state index contributed by atoms with van der Waals surface area (Å²) in [5.74, 6) is 0. The molecule has 2 aromatic rings. The van der Waals surface area contributed by atoms with Crippen LogP contribution in [-0.4, -0.2) is 10.2 Å². The van der Waals surface area contributed by atoms with Crippen molar-refractivity contribution in [2.75, 3.05) is 0 Å². The van der Waals surface area contributed by atoms with Gasteiger partial charge in [-0.3, -0.25) is 0 Å². The fourth-order valence-corrected chi connectivity index (χ4v) is 2.83. The standard InChI is InChI=1S/2C12H18O/c1-12(2,3)8-10-4-6-11(9-13)7-5-10;1-12(2,3)8-10-5-4-6-11(7-10)9-13/h2*4-7,13H,8-9H2,1-3H3. The second-order valence-electron chi connectivity index (χ2n) is 9.43. The van der Waals surface area contributed by atoms with E-state index in [0.717, 1.165) is 24.0 Å². The quantitative estimate of drug-likeness (QED) is 0.755. The predicted octanol–water partition coefficient (Wildman–Crippen LogP) is 5.54. The smallest absolute Gasteiger partial charge is 0.0681 e. The number of hydrogen-bond donors (Lipinski definition) is 2. The predicted molar refractivity (Wildman–Crippen MR) is 111 cm³/mol. The second-order valence-corrected chi connectivity index (χ2v) is 9.43. The summed E-state index contributed by atoms with van der Waals surface area (Å²) in [6, 6.07) is 16.3. The van der Waals surface area contributed by atoms with Crippen LogP contribution in [0.5, 0.6) is 0 Å². The maximum absolute atomic E-state index is 8.96. The molecular formula is C24H36O2. The summed E-state index contributed by atoms with van der Waals surface area (Å²) >= 11 is 0. The van der Waals surface area contributed by atoms with E-state index in [1.54, 1.807) is 0 Å². The number of rotatable bonds is 4. The third-order valence-electron chi connectivity index (χ3n) is 3.85. The Balaban J connectivity index is 0.000000260. The Morgan fingerprint density at radius 1 is 0.577 bits per heavy atom. The van der Waals surface area contributed by atoms with Crippen LogP contribution in [0.15, 0.2) is 48.5 Å². The Morgan fingerprint density at radius 3 is 1.46 bits per heavy atom. The molecule has 2 aromatic carbocycles. The van der Waals surface area contributed by atoms with Crippen molar-refractivity contribution in [2.45, 2.75) is 67.6 Å². The lowest BCUT2D eigenvalue weighted by Crippen LogP contribution is -2.09. The lowest BCUT2D eigenvalue weighted by Gasteiger charge is -2.18. The van der Waals surface area contributed by atoms with Crippen molar-refractivity contribution in [1.29, 1.82) is 0 Å². The van der Waals surface area contributed by atoms with Gasteiger partial charge in [0, 0.05) is 0 Å². The first kappa shape index (κ1) is 22.4. The van der Waals surface area contributed by atoms with Crippen LogP contribution in [0.1, 0.15) is 63.8 Å². The first-order chi connectivity index (χ1) is 12.0. The van der Waals surface area contributed by atoms with Crippen molar-refractivity contribution in [2.24, 2.45) is 10.8 Å². The van der Waals surface area contributed by atoms with Gasteiger partial charge in [0.15, 0.2) is 0 Å². The van der Waals surface area contributed by atoms with E-state index in [1.165, 1.54) is 11.1 Å². The minimum atomic E-state index is 0.135. The zero-order valence-electron chi connectivity index (χ0n) is 17.3. The van der Waals surface area contributed by atoms with Crippen molar-refractivity contribution in [3.63, 3.8) is 0 Å². The molecule has 0 saturated carbocycles. The van der Waals surface area contributed by atoms with Gasteiger partial charge in [-0.25, -0.2) is 0 Å². The van der Waals surface area contributed by atoms with E-state index >= 15 is 0 Å². The molecule has 2 rings (SSSR count). The molecule has 0 fully saturated rings. The third kappa shape index (κ3) is 9.74. The third-order valence-corrected chi connectivity index (χ3v) is 3.85. The molecule has 0 aliphatic rings. The molecule has 0 radical (unpaired) electrons. The van der Waals surface area contributed by atoms with Gasteiger partial charge in [-0.05, 0) is 45.9 Å². The Bertz CT molecular complexity index is 643. The second kappa shape index (κ2) is 9.89. The largest absolute Gasteiger partial charge is 0.392 e. The minimum absolute atomic E-state index is 0.135. The average Bonchev–Trinajstić information content (AvgIpc) is 2.53. The van der Waals surface area contributed by atoms with Crippen LogP contribution in [0.25, 0.3) is 0 Å². The van der Waals surface area contributed by atoms with E-state index < -0.39 is 0 Å². The van der Waals surface area contributed by atoms with Crippen LogP contribution in [0.4, 0.5) is 0 Å². The number of aliphatic hydroxyl groups is 2. The van der Waals surface area contributed by atoms with Crippen molar-refractivity contribution in [3.05, 3.63) is 70.8 Å². The fourth-order valence-electron chi connectivity index (χ4n) is 2.83. The lowest BCUT2D eigenvalue weighted by molar-refractivity contribution is 0.281. The minimum Gasteiger partial charge on any atom is -0.392 e. The molecule has 0 atom stereocenters. The highest BCUT2D eigenvalue weighted by Gasteiger charge is 2.11. The highest BCUT2D eigenvalue weighted by Crippen LogP contribution is 2.21. The van der Waals surface area contributed by atoms with Crippen molar-refractivity contribution >= 4 is 0 Å². The maximum atomic E-state index is 8.96. The molecule has 2 nitrogen and oxygen atoms in total. The first-order valence-corrected chi connectivity index (χ1v) is 9.40. The van der Waals surface area contributed by atoms with E-state index in [0.29, 0.717) is 10.8 Å². The normalized spacial score (nSPS) is 11.7. The van der Waals surface area contributed by atoms with Crippen LogP contribution in [0.2, 0.25) is 0 Å². The first-order valence-electron chi connectivity index (χ1n) is 9.40. The van der Waals surface area contributed by atoms with Crippen LogP contribution in [0.3, 0.4) is 0 Å². The summed E-state index contributed by atoms with van der Waals surface area (Å²) in [5.41, 5.74) is 5.28. The molecule has 0 aromatic heterocycles. The summed E-state index contributed by atoms with van der Waals surface area (Å²) in [5, 5.41) is 17.8. The van der Waals surface area contributed by atoms with Gasteiger partial charge in [0.1, 0.15) is 0 Å². The molecule has 144 valence electrons. The molecule has 0 heterocycles. The summed E-state index contributed by atoms with van der Waals surface area (Å²) in [6.07, 6.45) is 2.14. The zero-order valence-corrected chi connectivity index (χ0v) is 17.3. The molecule has 26 heavy (non-hydrogen) atoms. The Kier molecular flexibility index (Phi) is 8.52. The maximum Gasteiger partial charge on any atom is 0.0681 e. The van der Waals surface area contributed by atoms with Gasteiger partial charge in [-0.1, -0.05) is 90.1 Å².